The minimum atomic E-state index is -4.59. The van der Waals surface area contributed by atoms with E-state index in [4.69, 9.17) is 28.3 Å². The molecule has 0 saturated carbocycles. The lowest BCUT2D eigenvalue weighted by Gasteiger charge is -2.20. The van der Waals surface area contributed by atoms with Crippen molar-refractivity contribution in [1.29, 1.82) is 0 Å². The number of benzene rings is 3. The second-order valence-electron chi connectivity index (χ2n) is 7.53. The predicted octanol–water partition coefficient (Wildman–Crippen LogP) is 6.97. The summed E-state index contributed by atoms with van der Waals surface area (Å²) in [6, 6.07) is 13.9. The van der Waals surface area contributed by atoms with E-state index in [1.54, 1.807) is 31.3 Å². The van der Waals surface area contributed by atoms with Crippen LogP contribution in [-0.4, -0.2) is 29.1 Å². The first-order valence-electron chi connectivity index (χ1n) is 9.93. The van der Waals surface area contributed by atoms with Crippen molar-refractivity contribution < 1.29 is 27.9 Å². The van der Waals surface area contributed by atoms with E-state index < -0.39 is 23.7 Å². The molecule has 2 N–H and O–H groups in total. The molecule has 0 heterocycles. The van der Waals surface area contributed by atoms with Gasteiger partial charge in [0.1, 0.15) is 0 Å². The Bertz CT molecular complexity index is 1190. The molecule has 178 valence electrons. The Morgan fingerprint density at radius 3 is 2.09 bits per heavy atom. The van der Waals surface area contributed by atoms with Gasteiger partial charge >= 0.3 is 18.2 Å². The van der Waals surface area contributed by atoms with Crippen LogP contribution in [0.15, 0.2) is 60.7 Å². The zero-order valence-electron chi connectivity index (χ0n) is 17.8. The van der Waals surface area contributed by atoms with E-state index >= 15 is 0 Å². The van der Waals surface area contributed by atoms with Crippen LogP contribution in [0.25, 0.3) is 11.1 Å². The monoisotopic (exact) mass is 510 g/mol. The molecular weight excluding hydrogens is 492 g/mol. The van der Waals surface area contributed by atoms with Gasteiger partial charge in [0, 0.05) is 24.8 Å². The van der Waals surface area contributed by atoms with Gasteiger partial charge in [-0.3, -0.25) is 4.79 Å². The molecule has 0 atom stereocenters. The number of rotatable bonds is 6. The lowest BCUT2D eigenvalue weighted by atomic mass is 9.99. The molecular formula is C24H19Cl2F3N2O3. The number of nitrogens with zero attached hydrogens (tertiary/aromatic N) is 1. The molecule has 3 rings (SSSR count). The van der Waals surface area contributed by atoms with Crippen LogP contribution >= 0.6 is 23.2 Å². The van der Waals surface area contributed by atoms with Crippen LogP contribution in [0.1, 0.15) is 16.7 Å². The van der Waals surface area contributed by atoms with E-state index in [9.17, 15) is 22.8 Å². The van der Waals surface area contributed by atoms with Crippen molar-refractivity contribution >= 4 is 40.9 Å². The molecule has 10 heteroatoms. The van der Waals surface area contributed by atoms with Gasteiger partial charge in [-0.2, -0.15) is 13.2 Å². The molecule has 0 aliphatic rings. The predicted molar refractivity (Wildman–Crippen MR) is 125 cm³/mol. The van der Waals surface area contributed by atoms with Crippen molar-refractivity contribution in [3.63, 3.8) is 0 Å². The lowest BCUT2D eigenvalue weighted by molar-refractivity contribution is -0.137. The van der Waals surface area contributed by atoms with Crippen LogP contribution < -0.4 is 5.32 Å². The molecule has 5 nitrogen and oxygen atoms in total. The standard InChI is InChI=1S/C24H19Cl2F3N2O3/c1-31(13-15-8-6-14(7-9-15)10-21(32)33)23(34)30-16-11-19(25)22(20(26)12-16)17-4-2-3-5-18(17)24(27,28)29/h2-9,11-12H,10,13H2,1H3,(H,30,34)(H,32,33). The zero-order chi connectivity index (χ0) is 25.0. The van der Waals surface area contributed by atoms with E-state index in [2.05, 4.69) is 5.32 Å². The van der Waals surface area contributed by atoms with Gasteiger partial charge < -0.3 is 15.3 Å². The number of carboxylic acids is 1. The van der Waals surface area contributed by atoms with Crippen molar-refractivity contribution in [3.8, 4) is 11.1 Å². The molecule has 3 aromatic carbocycles. The summed E-state index contributed by atoms with van der Waals surface area (Å²) < 4.78 is 40.3. The number of carbonyl (C=O) groups excluding carboxylic acids is 1. The molecule has 0 saturated heterocycles. The first kappa shape index (κ1) is 25.4. The maximum absolute atomic E-state index is 13.4. The van der Waals surface area contributed by atoms with Crippen LogP contribution in [0.3, 0.4) is 0 Å². The summed E-state index contributed by atoms with van der Waals surface area (Å²) in [7, 11) is 1.55. The number of urea groups is 1. The van der Waals surface area contributed by atoms with E-state index in [1.807, 2.05) is 0 Å². The molecule has 2 amide bonds. The van der Waals surface area contributed by atoms with Crippen molar-refractivity contribution in [2.24, 2.45) is 0 Å². The van der Waals surface area contributed by atoms with Gasteiger partial charge in [0.15, 0.2) is 0 Å². The topological polar surface area (TPSA) is 69.6 Å². The highest BCUT2D eigenvalue weighted by Gasteiger charge is 2.34. The maximum atomic E-state index is 13.4. The number of halogens is 5. The number of amides is 2. The number of hydrogen-bond donors (Lipinski definition) is 2. The number of aliphatic carboxylic acids is 1. The van der Waals surface area contributed by atoms with Crippen LogP contribution in [0, 0.1) is 0 Å². The highest BCUT2D eigenvalue weighted by Crippen LogP contribution is 2.43. The fourth-order valence-electron chi connectivity index (χ4n) is 3.35. The fourth-order valence-corrected chi connectivity index (χ4v) is 4.04. The molecule has 0 aliphatic carbocycles. The number of nitrogens with one attached hydrogen (secondary N) is 1. The van der Waals surface area contributed by atoms with Crippen molar-refractivity contribution in [3.05, 3.63) is 87.4 Å². The van der Waals surface area contributed by atoms with E-state index in [0.29, 0.717) is 5.56 Å². The van der Waals surface area contributed by atoms with Crippen LogP contribution in [-0.2, 0) is 23.9 Å². The maximum Gasteiger partial charge on any atom is 0.417 e. The van der Waals surface area contributed by atoms with Gasteiger partial charge in [0.05, 0.1) is 22.0 Å². The van der Waals surface area contributed by atoms with Gasteiger partial charge in [-0.15, -0.1) is 0 Å². The minimum absolute atomic E-state index is 0.0177. The third kappa shape index (κ3) is 6.21. The highest BCUT2D eigenvalue weighted by molar-refractivity contribution is 6.39. The van der Waals surface area contributed by atoms with Crippen molar-refractivity contribution in [2.75, 3.05) is 12.4 Å². The first-order chi connectivity index (χ1) is 16.0. The molecule has 0 aromatic heterocycles. The average molecular weight is 511 g/mol. The Kier molecular flexibility index (Phi) is 7.74. The van der Waals surface area contributed by atoms with E-state index in [0.717, 1.165) is 11.6 Å². The quantitative estimate of drug-likeness (QED) is 0.376. The summed E-state index contributed by atoms with van der Waals surface area (Å²) in [5.41, 5.74) is 0.624. The van der Waals surface area contributed by atoms with Gasteiger partial charge in [-0.1, -0.05) is 65.7 Å². The third-order valence-electron chi connectivity index (χ3n) is 4.94. The number of carboxylic acid groups (broad SMARTS) is 1. The van der Waals surface area contributed by atoms with Crippen LogP contribution in [0.5, 0.6) is 0 Å². The number of carbonyl (C=O) groups is 2. The third-order valence-corrected chi connectivity index (χ3v) is 5.54. The molecule has 0 spiro atoms. The Balaban J connectivity index is 1.76. The van der Waals surface area contributed by atoms with Gasteiger partial charge in [-0.05, 0) is 34.9 Å². The number of hydrogen-bond acceptors (Lipinski definition) is 2. The summed E-state index contributed by atoms with van der Waals surface area (Å²) in [6.07, 6.45) is -4.69. The Hall–Kier alpha value is -3.23. The summed E-state index contributed by atoms with van der Waals surface area (Å²) in [5.74, 6) is -0.936. The zero-order valence-corrected chi connectivity index (χ0v) is 19.3. The smallest absolute Gasteiger partial charge is 0.417 e. The number of anilines is 1. The number of alkyl halides is 3. The van der Waals surface area contributed by atoms with Crippen molar-refractivity contribution in [1.82, 2.24) is 4.90 Å². The second kappa shape index (κ2) is 10.4. The Morgan fingerprint density at radius 1 is 0.971 bits per heavy atom. The van der Waals surface area contributed by atoms with Crippen molar-refractivity contribution in [2.45, 2.75) is 19.1 Å². The van der Waals surface area contributed by atoms with Crippen LogP contribution in [0.2, 0.25) is 10.0 Å². The average Bonchev–Trinajstić information content (AvgIpc) is 2.74. The highest BCUT2D eigenvalue weighted by atomic mass is 35.5. The molecule has 0 radical (unpaired) electrons. The van der Waals surface area contributed by atoms with Gasteiger partial charge in [0.25, 0.3) is 0 Å². The van der Waals surface area contributed by atoms with Gasteiger partial charge in [-0.25, -0.2) is 4.79 Å². The normalized spacial score (nSPS) is 11.2. The van der Waals surface area contributed by atoms with E-state index in [-0.39, 0.29) is 39.8 Å². The Labute approximate surface area is 203 Å². The van der Waals surface area contributed by atoms with Gasteiger partial charge in [0.2, 0.25) is 0 Å². The molecule has 0 bridgehead atoms. The largest absolute Gasteiger partial charge is 0.481 e. The summed E-state index contributed by atoms with van der Waals surface area (Å²) in [4.78, 5) is 24.7. The van der Waals surface area contributed by atoms with Crippen LogP contribution in [0.4, 0.5) is 23.7 Å². The molecule has 0 aliphatic heterocycles. The molecule has 3 aromatic rings. The lowest BCUT2D eigenvalue weighted by Crippen LogP contribution is -2.30. The SMILES string of the molecule is CN(Cc1ccc(CC(=O)O)cc1)C(=O)Nc1cc(Cl)c(-c2ccccc2C(F)(F)F)c(Cl)c1. The second-order valence-corrected chi connectivity index (χ2v) is 8.35. The summed E-state index contributed by atoms with van der Waals surface area (Å²) in [6.45, 7) is 0.234. The minimum Gasteiger partial charge on any atom is -0.481 e. The molecule has 0 fully saturated rings. The fraction of sp³-hybridized carbons (Fsp3) is 0.167. The Morgan fingerprint density at radius 2 is 1.53 bits per heavy atom. The summed E-state index contributed by atoms with van der Waals surface area (Å²) in [5, 5.41) is 11.4. The molecule has 34 heavy (non-hydrogen) atoms. The van der Waals surface area contributed by atoms with E-state index in [1.165, 1.54) is 35.2 Å². The summed E-state index contributed by atoms with van der Waals surface area (Å²) >= 11 is 12.6. The first-order valence-corrected chi connectivity index (χ1v) is 10.7. The molecule has 0 unspecified atom stereocenters.